The highest BCUT2D eigenvalue weighted by molar-refractivity contribution is 7.99. The van der Waals surface area contributed by atoms with E-state index in [2.05, 4.69) is 6.07 Å². The molecule has 18 heavy (non-hydrogen) atoms. The molecule has 0 bridgehead atoms. The Labute approximate surface area is 112 Å². The van der Waals surface area contributed by atoms with E-state index in [0.29, 0.717) is 11.1 Å². The van der Waals surface area contributed by atoms with Gasteiger partial charge in [-0.3, -0.25) is 0 Å². The third kappa shape index (κ3) is 4.41. The van der Waals surface area contributed by atoms with E-state index in [1.54, 1.807) is 17.8 Å². The molecular weight excluding hydrogens is 244 g/mol. The minimum Gasteiger partial charge on any atom is -0.396 e. The van der Waals surface area contributed by atoms with Crippen molar-refractivity contribution in [1.82, 2.24) is 0 Å². The Morgan fingerprint density at radius 3 is 2.50 bits per heavy atom. The molecule has 0 saturated heterocycles. The molecule has 0 spiro atoms. The zero-order chi connectivity index (χ0) is 13.2. The first-order valence-electron chi connectivity index (χ1n) is 6.00. The number of benzene rings is 1. The largest absolute Gasteiger partial charge is 0.396 e. The van der Waals surface area contributed by atoms with Crippen LogP contribution in [0.25, 0.3) is 0 Å². The highest BCUT2D eigenvalue weighted by atomic mass is 32.2. The van der Waals surface area contributed by atoms with Crippen molar-refractivity contribution in [3.63, 3.8) is 0 Å². The zero-order valence-electron chi connectivity index (χ0n) is 10.2. The minimum absolute atomic E-state index is 0.260. The summed E-state index contributed by atoms with van der Waals surface area (Å²) < 4.78 is 0. The van der Waals surface area contributed by atoms with Gasteiger partial charge in [-0.2, -0.15) is 10.5 Å². The van der Waals surface area contributed by atoms with E-state index in [-0.39, 0.29) is 6.61 Å². The maximum Gasteiger partial charge on any atom is 0.102 e. The minimum atomic E-state index is 0.260. The van der Waals surface area contributed by atoms with Crippen molar-refractivity contribution in [2.45, 2.75) is 30.6 Å². The zero-order valence-corrected chi connectivity index (χ0v) is 11.0. The topological polar surface area (TPSA) is 67.8 Å². The molecule has 0 heterocycles. The molecule has 0 aliphatic rings. The molecule has 0 aliphatic heterocycles. The maximum absolute atomic E-state index is 9.06. The summed E-state index contributed by atoms with van der Waals surface area (Å²) in [7, 11) is 0. The maximum atomic E-state index is 9.06. The molecule has 1 aromatic rings. The fourth-order valence-electron chi connectivity index (χ4n) is 1.61. The normalized spacial score (nSPS) is 9.72. The number of thioether (sulfide) groups is 1. The molecule has 0 fully saturated rings. The Morgan fingerprint density at radius 1 is 1.06 bits per heavy atom. The summed E-state index contributed by atoms with van der Waals surface area (Å²) in [4.78, 5) is 0.888. The highest BCUT2D eigenvalue weighted by Gasteiger charge is 2.07. The van der Waals surface area contributed by atoms with Gasteiger partial charge >= 0.3 is 0 Å². The number of aliphatic hydroxyl groups excluding tert-OH is 1. The molecule has 1 rings (SSSR count). The van der Waals surface area contributed by atoms with Gasteiger partial charge in [0.15, 0.2) is 0 Å². The first kappa shape index (κ1) is 14.6. The molecule has 94 valence electrons. The van der Waals surface area contributed by atoms with Crippen molar-refractivity contribution in [3.05, 3.63) is 29.3 Å². The Balaban J connectivity index is 2.48. The van der Waals surface area contributed by atoms with Gasteiger partial charge < -0.3 is 5.11 Å². The fraction of sp³-hybridized carbons (Fsp3) is 0.429. The summed E-state index contributed by atoms with van der Waals surface area (Å²) in [5, 5.41) is 26.6. The molecule has 0 aliphatic carbocycles. The van der Waals surface area contributed by atoms with E-state index in [4.69, 9.17) is 15.6 Å². The van der Waals surface area contributed by atoms with Crippen LogP contribution in [-0.2, 0) is 0 Å². The number of hydrogen-bond acceptors (Lipinski definition) is 4. The van der Waals surface area contributed by atoms with Gasteiger partial charge in [0.05, 0.1) is 11.1 Å². The van der Waals surface area contributed by atoms with Crippen molar-refractivity contribution in [2.24, 2.45) is 0 Å². The highest BCUT2D eigenvalue weighted by Crippen LogP contribution is 2.25. The molecule has 0 atom stereocenters. The van der Waals surface area contributed by atoms with Gasteiger partial charge in [-0.05, 0) is 30.7 Å². The quantitative estimate of drug-likeness (QED) is 0.604. The number of unbranched alkanes of at least 4 members (excludes halogenated alkanes) is 3. The van der Waals surface area contributed by atoms with Gasteiger partial charge in [-0.25, -0.2) is 0 Å². The molecule has 1 aromatic carbocycles. The summed E-state index contributed by atoms with van der Waals surface area (Å²) in [5.41, 5.74) is 0.933. The molecule has 3 nitrogen and oxygen atoms in total. The molecule has 0 aromatic heterocycles. The van der Waals surface area contributed by atoms with E-state index in [1.165, 1.54) is 0 Å². The summed E-state index contributed by atoms with van der Waals surface area (Å²) in [6.07, 6.45) is 4.05. The molecule has 0 amide bonds. The monoisotopic (exact) mass is 260 g/mol. The predicted octanol–water partition coefficient (Wildman–Crippen LogP) is 3.07. The van der Waals surface area contributed by atoms with Crippen molar-refractivity contribution in [3.8, 4) is 12.1 Å². The van der Waals surface area contributed by atoms with E-state index in [0.717, 1.165) is 36.3 Å². The van der Waals surface area contributed by atoms with Crippen LogP contribution in [0.3, 0.4) is 0 Å². The lowest BCUT2D eigenvalue weighted by atomic mass is 10.1. The first-order valence-corrected chi connectivity index (χ1v) is 6.99. The lowest BCUT2D eigenvalue weighted by Gasteiger charge is -2.04. The van der Waals surface area contributed by atoms with Crippen molar-refractivity contribution < 1.29 is 5.11 Å². The van der Waals surface area contributed by atoms with Crippen LogP contribution < -0.4 is 0 Å². The molecule has 0 saturated carbocycles. The second kappa shape index (κ2) is 8.58. The van der Waals surface area contributed by atoms with Gasteiger partial charge in [-0.15, -0.1) is 11.8 Å². The number of rotatable bonds is 7. The lowest BCUT2D eigenvalue weighted by Crippen LogP contribution is -1.89. The van der Waals surface area contributed by atoms with Crippen molar-refractivity contribution >= 4 is 11.8 Å². The van der Waals surface area contributed by atoms with Crippen LogP contribution in [-0.4, -0.2) is 17.5 Å². The summed E-state index contributed by atoms with van der Waals surface area (Å²) in [6, 6.07) is 9.51. The van der Waals surface area contributed by atoms with Crippen LogP contribution in [0, 0.1) is 22.7 Å². The number of nitriles is 2. The van der Waals surface area contributed by atoms with E-state index in [1.807, 2.05) is 18.2 Å². The van der Waals surface area contributed by atoms with E-state index in [9.17, 15) is 0 Å². The van der Waals surface area contributed by atoms with Crippen LogP contribution in [0.2, 0.25) is 0 Å². The second-order valence-electron chi connectivity index (χ2n) is 3.89. The van der Waals surface area contributed by atoms with Crippen LogP contribution in [0.4, 0.5) is 0 Å². The molecule has 4 heteroatoms. The Morgan fingerprint density at radius 2 is 1.83 bits per heavy atom. The van der Waals surface area contributed by atoms with Gasteiger partial charge in [0.1, 0.15) is 12.1 Å². The van der Waals surface area contributed by atoms with Crippen molar-refractivity contribution in [2.75, 3.05) is 12.4 Å². The smallest absolute Gasteiger partial charge is 0.102 e. The number of aliphatic hydroxyl groups is 1. The lowest BCUT2D eigenvalue weighted by molar-refractivity contribution is 0.283. The Hall–Kier alpha value is -1.49. The second-order valence-corrected chi connectivity index (χ2v) is 5.03. The number of hydrogen-bond donors (Lipinski definition) is 1. The molecule has 1 N–H and O–H groups in total. The molecular formula is C14H16N2OS. The Kier molecular flexibility index (Phi) is 6.94. The van der Waals surface area contributed by atoms with Crippen LogP contribution in [0.15, 0.2) is 23.1 Å². The van der Waals surface area contributed by atoms with E-state index >= 15 is 0 Å². The summed E-state index contributed by atoms with van der Waals surface area (Å²) in [6.45, 7) is 0.260. The third-order valence-corrected chi connectivity index (χ3v) is 3.71. The summed E-state index contributed by atoms with van der Waals surface area (Å²) in [5.74, 6) is 0.939. The van der Waals surface area contributed by atoms with Gasteiger partial charge in [0, 0.05) is 11.5 Å². The van der Waals surface area contributed by atoms with Crippen LogP contribution >= 0.6 is 11.8 Å². The molecule has 0 radical (unpaired) electrons. The molecule has 0 unspecified atom stereocenters. The fourth-order valence-corrected chi connectivity index (χ4v) is 2.65. The first-order chi connectivity index (χ1) is 8.83. The van der Waals surface area contributed by atoms with E-state index < -0.39 is 0 Å². The Bertz CT molecular complexity index is 460. The third-order valence-electron chi connectivity index (χ3n) is 2.57. The van der Waals surface area contributed by atoms with Crippen LogP contribution in [0.5, 0.6) is 0 Å². The SMILES string of the molecule is N#Cc1cccc(SCCCCCCO)c1C#N. The van der Waals surface area contributed by atoms with Crippen molar-refractivity contribution in [1.29, 1.82) is 10.5 Å². The average molecular weight is 260 g/mol. The van der Waals surface area contributed by atoms with Gasteiger partial charge in [0.2, 0.25) is 0 Å². The van der Waals surface area contributed by atoms with Crippen LogP contribution in [0.1, 0.15) is 36.8 Å². The van der Waals surface area contributed by atoms with Gasteiger partial charge in [-0.1, -0.05) is 18.9 Å². The predicted molar refractivity (Wildman–Crippen MR) is 72.1 cm³/mol. The average Bonchev–Trinajstić information content (AvgIpc) is 2.42. The van der Waals surface area contributed by atoms with Gasteiger partial charge in [0.25, 0.3) is 0 Å². The number of nitrogens with zero attached hydrogens (tertiary/aromatic N) is 2. The summed E-state index contributed by atoms with van der Waals surface area (Å²) >= 11 is 1.62. The standard InChI is InChI=1S/C14H16N2OS/c15-10-12-6-5-7-14(13(12)11-16)18-9-4-2-1-3-8-17/h5-7,17H,1-4,8-9H2.